The summed E-state index contributed by atoms with van der Waals surface area (Å²) >= 11 is 6.06. The summed E-state index contributed by atoms with van der Waals surface area (Å²) in [6.45, 7) is 5.75. The van der Waals surface area contributed by atoms with Gasteiger partial charge in [0, 0.05) is 10.6 Å². The molecule has 0 unspecified atom stereocenters. The molecule has 0 heterocycles. The van der Waals surface area contributed by atoms with Gasteiger partial charge in [-0.3, -0.25) is 4.55 Å². The van der Waals surface area contributed by atoms with Crippen molar-refractivity contribution in [2.75, 3.05) is 5.75 Å². The van der Waals surface area contributed by atoms with Gasteiger partial charge in [-0.05, 0) is 32.4 Å². The molecule has 1 aromatic carbocycles. The summed E-state index contributed by atoms with van der Waals surface area (Å²) in [5.41, 5.74) is 0.362. The SMILES string of the molecule is CC(C)(C)N[C@H](CS(=O)(=O)O)c1ccccc1Cl. The first kappa shape index (κ1) is 15.4. The third-order valence-corrected chi connectivity index (χ3v) is 3.36. The summed E-state index contributed by atoms with van der Waals surface area (Å²) in [7, 11) is -4.08. The summed E-state index contributed by atoms with van der Waals surface area (Å²) in [6, 6.07) is 6.44. The van der Waals surface area contributed by atoms with Gasteiger partial charge in [-0.15, -0.1) is 0 Å². The minimum atomic E-state index is -4.08. The van der Waals surface area contributed by atoms with E-state index in [9.17, 15) is 8.42 Å². The molecule has 0 spiro atoms. The van der Waals surface area contributed by atoms with Crippen LogP contribution in [-0.4, -0.2) is 24.3 Å². The molecule has 0 fully saturated rings. The monoisotopic (exact) mass is 291 g/mol. The van der Waals surface area contributed by atoms with Gasteiger partial charge in [0.1, 0.15) is 0 Å². The molecule has 102 valence electrons. The Morgan fingerprint density at radius 1 is 1.33 bits per heavy atom. The van der Waals surface area contributed by atoms with Crippen LogP contribution in [0.15, 0.2) is 24.3 Å². The Morgan fingerprint density at radius 2 is 1.89 bits per heavy atom. The van der Waals surface area contributed by atoms with E-state index in [-0.39, 0.29) is 5.54 Å². The van der Waals surface area contributed by atoms with Gasteiger partial charge in [-0.1, -0.05) is 29.8 Å². The van der Waals surface area contributed by atoms with Crippen molar-refractivity contribution in [1.82, 2.24) is 5.32 Å². The number of benzene rings is 1. The van der Waals surface area contributed by atoms with Gasteiger partial charge in [-0.25, -0.2) is 0 Å². The molecule has 0 radical (unpaired) electrons. The van der Waals surface area contributed by atoms with E-state index in [1.165, 1.54) is 0 Å². The number of rotatable bonds is 4. The van der Waals surface area contributed by atoms with E-state index >= 15 is 0 Å². The molecule has 0 aromatic heterocycles. The highest BCUT2D eigenvalue weighted by molar-refractivity contribution is 7.85. The van der Waals surface area contributed by atoms with Crippen LogP contribution in [-0.2, 0) is 10.1 Å². The fraction of sp³-hybridized carbons (Fsp3) is 0.500. The second-order valence-electron chi connectivity index (χ2n) is 5.22. The Hall–Kier alpha value is -0.620. The maximum atomic E-state index is 11.1. The van der Waals surface area contributed by atoms with Crippen LogP contribution in [0, 0.1) is 0 Å². The topological polar surface area (TPSA) is 66.4 Å². The van der Waals surface area contributed by atoms with Crippen LogP contribution in [0.4, 0.5) is 0 Å². The minimum Gasteiger partial charge on any atom is -0.304 e. The van der Waals surface area contributed by atoms with Crippen LogP contribution < -0.4 is 5.32 Å². The lowest BCUT2D eigenvalue weighted by atomic mass is 10.0. The quantitative estimate of drug-likeness (QED) is 0.837. The lowest BCUT2D eigenvalue weighted by molar-refractivity contribution is 0.372. The average Bonchev–Trinajstić information content (AvgIpc) is 2.12. The number of nitrogens with one attached hydrogen (secondary N) is 1. The van der Waals surface area contributed by atoms with E-state index in [4.69, 9.17) is 16.2 Å². The Bertz CT molecular complexity index is 508. The van der Waals surface area contributed by atoms with E-state index < -0.39 is 21.9 Å². The van der Waals surface area contributed by atoms with Gasteiger partial charge in [0.25, 0.3) is 10.1 Å². The second kappa shape index (κ2) is 5.57. The lowest BCUT2D eigenvalue weighted by Gasteiger charge is -2.28. The molecule has 18 heavy (non-hydrogen) atoms. The third-order valence-electron chi connectivity index (χ3n) is 2.27. The molecular weight excluding hydrogens is 274 g/mol. The smallest absolute Gasteiger partial charge is 0.266 e. The predicted octanol–water partition coefficient (Wildman–Crippen LogP) is 2.66. The van der Waals surface area contributed by atoms with Gasteiger partial charge in [0.2, 0.25) is 0 Å². The van der Waals surface area contributed by atoms with Crippen molar-refractivity contribution in [2.24, 2.45) is 0 Å². The molecule has 4 nitrogen and oxygen atoms in total. The first-order chi connectivity index (χ1) is 8.08. The third kappa shape index (κ3) is 5.35. The molecule has 0 saturated carbocycles. The van der Waals surface area contributed by atoms with Gasteiger partial charge in [-0.2, -0.15) is 8.42 Å². The fourth-order valence-electron chi connectivity index (χ4n) is 1.70. The molecule has 0 aliphatic carbocycles. The van der Waals surface area contributed by atoms with Gasteiger partial charge in [0.15, 0.2) is 0 Å². The number of hydrogen-bond donors (Lipinski definition) is 2. The molecular formula is C12H18ClNO3S. The van der Waals surface area contributed by atoms with Crippen molar-refractivity contribution in [3.63, 3.8) is 0 Å². The van der Waals surface area contributed by atoms with Gasteiger partial charge in [0.05, 0.1) is 11.8 Å². The largest absolute Gasteiger partial charge is 0.304 e. The molecule has 0 aliphatic rings. The summed E-state index contributed by atoms with van der Waals surface area (Å²) in [4.78, 5) is 0. The van der Waals surface area contributed by atoms with Gasteiger partial charge >= 0.3 is 0 Å². The van der Waals surface area contributed by atoms with Crippen molar-refractivity contribution in [2.45, 2.75) is 32.4 Å². The molecule has 1 atom stereocenters. The first-order valence-corrected chi connectivity index (χ1v) is 7.54. The predicted molar refractivity (Wildman–Crippen MR) is 73.5 cm³/mol. The summed E-state index contributed by atoms with van der Waals surface area (Å²) in [5.74, 6) is -0.409. The first-order valence-electron chi connectivity index (χ1n) is 5.56. The maximum absolute atomic E-state index is 11.1. The highest BCUT2D eigenvalue weighted by atomic mass is 35.5. The van der Waals surface area contributed by atoms with Crippen molar-refractivity contribution in [3.8, 4) is 0 Å². The van der Waals surface area contributed by atoms with E-state index in [0.29, 0.717) is 10.6 Å². The Balaban J connectivity index is 3.09. The normalized spacial score (nSPS) is 14.5. The molecule has 0 amide bonds. The van der Waals surface area contributed by atoms with Crippen LogP contribution in [0.1, 0.15) is 32.4 Å². The van der Waals surface area contributed by atoms with E-state index in [2.05, 4.69) is 5.32 Å². The summed E-state index contributed by atoms with van der Waals surface area (Å²) in [6.07, 6.45) is 0. The zero-order valence-electron chi connectivity index (χ0n) is 10.6. The van der Waals surface area contributed by atoms with Crippen LogP contribution in [0.5, 0.6) is 0 Å². The van der Waals surface area contributed by atoms with Crippen molar-refractivity contribution in [1.29, 1.82) is 0 Å². The Morgan fingerprint density at radius 3 is 2.33 bits per heavy atom. The molecule has 0 bridgehead atoms. The van der Waals surface area contributed by atoms with Crippen LogP contribution in [0.25, 0.3) is 0 Å². The molecule has 0 aliphatic heterocycles. The second-order valence-corrected chi connectivity index (χ2v) is 7.12. The number of halogens is 1. The van der Waals surface area contributed by atoms with Crippen molar-refractivity contribution >= 4 is 21.7 Å². The fourth-order valence-corrected chi connectivity index (χ4v) is 2.65. The maximum Gasteiger partial charge on any atom is 0.266 e. The van der Waals surface area contributed by atoms with Crippen LogP contribution in [0.3, 0.4) is 0 Å². The van der Waals surface area contributed by atoms with E-state index in [1.54, 1.807) is 24.3 Å². The van der Waals surface area contributed by atoms with E-state index in [1.807, 2.05) is 20.8 Å². The molecule has 1 aromatic rings. The van der Waals surface area contributed by atoms with Crippen LogP contribution in [0.2, 0.25) is 5.02 Å². The highest BCUT2D eigenvalue weighted by Gasteiger charge is 2.25. The summed E-state index contributed by atoms with van der Waals surface area (Å²) in [5, 5.41) is 3.62. The van der Waals surface area contributed by atoms with E-state index in [0.717, 1.165) is 0 Å². The molecule has 2 N–H and O–H groups in total. The highest BCUT2D eigenvalue weighted by Crippen LogP contribution is 2.25. The minimum absolute atomic E-state index is 0.297. The average molecular weight is 292 g/mol. The lowest BCUT2D eigenvalue weighted by Crippen LogP contribution is -2.41. The van der Waals surface area contributed by atoms with Crippen LogP contribution >= 0.6 is 11.6 Å². The standard InChI is InChI=1S/C12H18ClNO3S/c1-12(2,3)14-11(8-18(15,16)17)9-6-4-5-7-10(9)13/h4-7,11,14H,8H2,1-3H3,(H,15,16,17)/t11-/m1/s1. The molecule has 0 saturated heterocycles. The molecule has 1 rings (SSSR count). The Labute approximate surface area is 113 Å². The molecule has 6 heteroatoms. The zero-order valence-corrected chi connectivity index (χ0v) is 12.2. The Kier molecular flexibility index (Phi) is 4.78. The summed E-state index contributed by atoms with van der Waals surface area (Å²) < 4.78 is 31.2. The zero-order chi connectivity index (χ0) is 14.0. The van der Waals surface area contributed by atoms with Crippen molar-refractivity contribution < 1.29 is 13.0 Å². The van der Waals surface area contributed by atoms with Crippen molar-refractivity contribution in [3.05, 3.63) is 34.9 Å². The number of hydrogen-bond acceptors (Lipinski definition) is 3. The van der Waals surface area contributed by atoms with Gasteiger partial charge < -0.3 is 5.32 Å².